The highest BCUT2D eigenvalue weighted by molar-refractivity contribution is 5.38. The maximum absolute atomic E-state index is 10.7. The maximum Gasteiger partial charge on any atom is 0.0594 e. The maximum atomic E-state index is 10.7. The molecule has 2 fully saturated rings. The number of rotatable bonds is 1. The van der Waals surface area contributed by atoms with E-state index in [2.05, 4.69) is 48.5 Å². The molecule has 1 nitrogen and oxygen atoms in total. The molecule has 4 rings (SSSR count). The van der Waals surface area contributed by atoms with Crippen LogP contribution in [0.5, 0.6) is 0 Å². The highest BCUT2D eigenvalue weighted by Gasteiger charge is 2.62. The minimum absolute atomic E-state index is 0.0589. The molecule has 2 saturated carbocycles. The van der Waals surface area contributed by atoms with Gasteiger partial charge in [0, 0.05) is 0 Å². The van der Waals surface area contributed by atoms with Gasteiger partial charge in [-0.25, -0.2) is 0 Å². The lowest BCUT2D eigenvalue weighted by Crippen LogP contribution is -2.55. The van der Waals surface area contributed by atoms with Gasteiger partial charge in [0.1, 0.15) is 0 Å². The van der Waals surface area contributed by atoms with Crippen LogP contribution in [0.2, 0.25) is 0 Å². The van der Waals surface area contributed by atoms with E-state index in [9.17, 15) is 5.11 Å². The van der Waals surface area contributed by atoms with Crippen molar-refractivity contribution in [2.45, 2.75) is 106 Å². The molecule has 0 bridgehead atoms. The van der Waals surface area contributed by atoms with Gasteiger partial charge in [-0.2, -0.15) is 0 Å². The van der Waals surface area contributed by atoms with E-state index < -0.39 is 0 Å². The van der Waals surface area contributed by atoms with E-state index in [4.69, 9.17) is 0 Å². The SMILES string of the molecule is CC(C)[C@H]1CCC2(C)C3=C(CC[C@]12C)[C@@]1(C)CC[C@H](O)C(C)(C)[C@@H]1CC3. The van der Waals surface area contributed by atoms with Gasteiger partial charge in [0.15, 0.2) is 0 Å². The molecule has 0 spiro atoms. The van der Waals surface area contributed by atoms with E-state index in [1.807, 2.05) is 11.1 Å². The molecular weight excluding hydrogens is 316 g/mol. The second kappa shape index (κ2) is 5.62. The molecule has 0 heterocycles. The molecule has 0 radical (unpaired) electrons. The summed E-state index contributed by atoms with van der Waals surface area (Å²) in [5.41, 5.74) is 5.02. The van der Waals surface area contributed by atoms with Crippen LogP contribution in [0.15, 0.2) is 11.1 Å². The van der Waals surface area contributed by atoms with E-state index in [-0.39, 0.29) is 11.5 Å². The monoisotopic (exact) mass is 358 g/mol. The van der Waals surface area contributed by atoms with Gasteiger partial charge in [-0.3, -0.25) is 0 Å². The second-order valence-corrected chi connectivity index (χ2v) is 12.0. The molecule has 0 saturated heterocycles. The lowest BCUT2D eigenvalue weighted by molar-refractivity contribution is -0.0961. The first-order valence-corrected chi connectivity index (χ1v) is 11.4. The first-order chi connectivity index (χ1) is 12.0. The Morgan fingerprint density at radius 1 is 0.846 bits per heavy atom. The number of allylic oxidation sites excluding steroid dienone is 2. The Balaban J connectivity index is 1.80. The van der Waals surface area contributed by atoms with Gasteiger partial charge < -0.3 is 5.11 Å². The molecule has 1 unspecified atom stereocenters. The van der Waals surface area contributed by atoms with Gasteiger partial charge in [0.25, 0.3) is 0 Å². The molecule has 148 valence electrons. The summed E-state index contributed by atoms with van der Waals surface area (Å²) < 4.78 is 0. The van der Waals surface area contributed by atoms with E-state index in [0.29, 0.717) is 22.2 Å². The molecule has 1 N–H and O–H groups in total. The predicted molar refractivity (Wildman–Crippen MR) is 110 cm³/mol. The Kier molecular flexibility index (Phi) is 4.11. The van der Waals surface area contributed by atoms with Crippen molar-refractivity contribution >= 4 is 0 Å². The fourth-order valence-electron chi connectivity index (χ4n) is 8.79. The predicted octanol–water partition coefficient (Wildman–Crippen LogP) is 6.75. The van der Waals surface area contributed by atoms with Crippen LogP contribution in [-0.4, -0.2) is 11.2 Å². The van der Waals surface area contributed by atoms with Crippen LogP contribution in [0.25, 0.3) is 0 Å². The fraction of sp³-hybridized carbons (Fsp3) is 0.920. The van der Waals surface area contributed by atoms with Crippen LogP contribution >= 0.6 is 0 Å². The molecule has 0 aromatic rings. The Morgan fingerprint density at radius 2 is 1.54 bits per heavy atom. The summed E-state index contributed by atoms with van der Waals surface area (Å²) in [6.07, 6.45) is 10.2. The lowest BCUT2D eigenvalue weighted by atomic mass is 9.43. The van der Waals surface area contributed by atoms with Crippen LogP contribution in [0.3, 0.4) is 0 Å². The van der Waals surface area contributed by atoms with Gasteiger partial charge in [0.05, 0.1) is 6.10 Å². The number of aliphatic hydroxyl groups is 1. The van der Waals surface area contributed by atoms with Crippen LogP contribution < -0.4 is 0 Å². The van der Waals surface area contributed by atoms with E-state index in [0.717, 1.165) is 18.3 Å². The number of hydrogen-bond donors (Lipinski definition) is 1. The quantitative estimate of drug-likeness (QED) is 0.514. The third-order valence-corrected chi connectivity index (χ3v) is 10.6. The van der Waals surface area contributed by atoms with Crippen molar-refractivity contribution in [1.82, 2.24) is 0 Å². The molecule has 0 aromatic heterocycles. The van der Waals surface area contributed by atoms with E-state index in [1.54, 1.807) is 0 Å². The highest BCUT2D eigenvalue weighted by Crippen LogP contribution is 2.72. The topological polar surface area (TPSA) is 20.2 Å². The van der Waals surface area contributed by atoms with Crippen molar-refractivity contribution in [3.8, 4) is 0 Å². The summed E-state index contributed by atoms with van der Waals surface area (Å²) in [6.45, 7) is 17.4. The summed E-state index contributed by atoms with van der Waals surface area (Å²) in [4.78, 5) is 0. The molecule has 1 heteroatoms. The molecule has 4 aliphatic carbocycles. The lowest BCUT2D eigenvalue weighted by Gasteiger charge is -2.62. The average Bonchev–Trinajstić information content (AvgIpc) is 2.84. The summed E-state index contributed by atoms with van der Waals surface area (Å²) in [7, 11) is 0. The molecule has 4 aliphatic rings. The molecule has 0 aliphatic heterocycles. The second-order valence-electron chi connectivity index (χ2n) is 12.0. The van der Waals surface area contributed by atoms with Crippen molar-refractivity contribution in [3.63, 3.8) is 0 Å². The highest BCUT2D eigenvalue weighted by atomic mass is 16.3. The van der Waals surface area contributed by atoms with E-state index >= 15 is 0 Å². The average molecular weight is 359 g/mol. The van der Waals surface area contributed by atoms with Crippen molar-refractivity contribution in [3.05, 3.63) is 11.1 Å². The van der Waals surface area contributed by atoms with Crippen LogP contribution in [0.1, 0.15) is 99.8 Å². The molecule has 6 atom stereocenters. The van der Waals surface area contributed by atoms with E-state index in [1.165, 1.54) is 44.9 Å². The van der Waals surface area contributed by atoms with Crippen LogP contribution in [-0.2, 0) is 0 Å². The number of aliphatic hydroxyl groups excluding tert-OH is 1. The van der Waals surface area contributed by atoms with Crippen molar-refractivity contribution < 1.29 is 5.11 Å². The smallest absolute Gasteiger partial charge is 0.0594 e. The van der Waals surface area contributed by atoms with Gasteiger partial charge in [0.2, 0.25) is 0 Å². The summed E-state index contributed by atoms with van der Waals surface area (Å²) >= 11 is 0. The Hall–Kier alpha value is -0.300. The van der Waals surface area contributed by atoms with Crippen LogP contribution in [0.4, 0.5) is 0 Å². The first-order valence-electron chi connectivity index (χ1n) is 11.4. The van der Waals surface area contributed by atoms with Gasteiger partial charge in [-0.1, -0.05) is 59.6 Å². The zero-order valence-electron chi connectivity index (χ0n) is 18.4. The van der Waals surface area contributed by atoms with Crippen LogP contribution in [0, 0.1) is 39.4 Å². The zero-order chi connectivity index (χ0) is 19.1. The number of fused-ring (bicyclic) bond motifs is 4. The Labute approximate surface area is 162 Å². The largest absolute Gasteiger partial charge is 0.393 e. The van der Waals surface area contributed by atoms with Gasteiger partial charge >= 0.3 is 0 Å². The third kappa shape index (κ3) is 2.13. The fourth-order valence-corrected chi connectivity index (χ4v) is 8.79. The molecule has 0 aromatic carbocycles. The van der Waals surface area contributed by atoms with Crippen molar-refractivity contribution in [1.29, 1.82) is 0 Å². The van der Waals surface area contributed by atoms with Gasteiger partial charge in [-0.15, -0.1) is 0 Å². The minimum atomic E-state index is -0.121. The summed E-state index contributed by atoms with van der Waals surface area (Å²) in [5.74, 6) is 2.34. The Morgan fingerprint density at radius 3 is 2.19 bits per heavy atom. The normalized spacial score (nSPS) is 50.4. The standard InChI is InChI=1S/C25H42O/c1-16(2)17-10-14-25(7)19-8-9-20-22(3,4)21(26)12-13-23(20,5)18(19)11-15-24(17,25)6/h16-17,20-21,26H,8-15H2,1-7H3/t17-,20+,21+,23-,24-,25?/m1/s1. The third-order valence-electron chi connectivity index (χ3n) is 10.6. The molecule has 0 amide bonds. The molecule has 26 heavy (non-hydrogen) atoms. The van der Waals surface area contributed by atoms with Crippen molar-refractivity contribution in [2.24, 2.45) is 39.4 Å². The summed E-state index contributed by atoms with van der Waals surface area (Å²) in [6, 6.07) is 0. The summed E-state index contributed by atoms with van der Waals surface area (Å²) in [5, 5.41) is 10.7. The van der Waals surface area contributed by atoms with Crippen molar-refractivity contribution in [2.75, 3.05) is 0 Å². The molecular formula is C25H42O. The zero-order valence-corrected chi connectivity index (χ0v) is 18.4. The van der Waals surface area contributed by atoms with Gasteiger partial charge in [-0.05, 0) is 90.8 Å². The number of hydrogen-bond acceptors (Lipinski definition) is 1. The first kappa shape index (κ1) is 19.0. The Bertz CT molecular complexity index is 628. The minimum Gasteiger partial charge on any atom is -0.393 e.